The Balaban J connectivity index is 1.42. The zero-order chi connectivity index (χ0) is 15.3. The van der Waals surface area contributed by atoms with E-state index in [2.05, 4.69) is 12.2 Å². The first-order chi connectivity index (χ1) is 11.1. The van der Waals surface area contributed by atoms with Gasteiger partial charge in [0.2, 0.25) is 11.8 Å². The minimum atomic E-state index is -0.0836. The average Bonchev–Trinajstić information content (AvgIpc) is 2.81. The molecule has 0 aromatic heterocycles. The van der Waals surface area contributed by atoms with Crippen molar-refractivity contribution in [2.45, 2.75) is 56.9 Å². The summed E-state index contributed by atoms with van der Waals surface area (Å²) in [5.41, 5.74) is -0.0836. The minimum absolute atomic E-state index is 0.0146. The number of imide groups is 1. The molecule has 0 N–H and O–H groups in total. The molecular weight excluding hydrogens is 286 g/mol. The second-order valence-electron chi connectivity index (χ2n) is 9.50. The van der Waals surface area contributed by atoms with Crippen molar-refractivity contribution in [3.8, 4) is 0 Å². The highest BCUT2D eigenvalue weighted by Gasteiger charge is 2.64. The molecule has 8 aliphatic rings. The normalized spacial score (nSPS) is 55.8. The van der Waals surface area contributed by atoms with Crippen molar-refractivity contribution >= 4 is 11.8 Å². The van der Waals surface area contributed by atoms with Gasteiger partial charge in [0.15, 0.2) is 0 Å². The number of hydrogen-bond acceptors (Lipinski definition) is 2. The summed E-state index contributed by atoms with van der Waals surface area (Å²) in [5, 5.41) is 0. The van der Waals surface area contributed by atoms with Crippen LogP contribution in [0.4, 0.5) is 0 Å². The average molecular weight is 311 g/mol. The minimum Gasteiger partial charge on any atom is -0.276 e. The van der Waals surface area contributed by atoms with Crippen LogP contribution in [0.5, 0.6) is 0 Å². The molecule has 2 amide bonds. The molecule has 6 bridgehead atoms. The molecule has 2 unspecified atom stereocenters. The number of fused-ring (bicyclic) bond motifs is 1. The van der Waals surface area contributed by atoms with Crippen molar-refractivity contribution in [1.82, 2.24) is 4.90 Å². The Hall–Kier alpha value is -1.12. The number of carbonyl (C=O) groups excluding carboxylic acids is 2. The van der Waals surface area contributed by atoms with E-state index in [1.54, 1.807) is 0 Å². The van der Waals surface area contributed by atoms with E-state index < -0.39 is 0 Å². The summed E-state index contributed by atoms with van der Waals surface area (Å²) in [4.78, 5) is 28.5. The lowest BCUT2D eigenvalue weighted by Gasteiger charge is -2.59. The van der Waals surface area contributed by atoms with Crippen molar-refractivity contribution in [3.63, 3.8) is 0 Å². The summed E-state index contributed by atoms with van der Waals surface area (Å²) in [6.45, 7) is 0. The largest absolute Gasteiger partial charge is 0.276 e. The Morgan fingerprint density at radius 2 is 1.22 bits per heavy atom. The fraction of sp³-hybridized carbons (Fsp3) is 0.800. The SMILES string of the molecule is O=C1[C@@H]2C3C=CC(CC3)[C@@H]2C(=O)N1C12CC3CC(CC(C3)C1)C2. The van der Waals surface area contributed by atoms with Gasteiger partial charge >= 0.3 is 0 Å². The molecule has 7 aliphatic carbocycles. The molecule has 1 aliphatic heterocycles. The molecular formula is C20H25NO2. The van der Waals surface area contributed by atoms with Gasteiger partial charge in [0.1, 0.15) is 0 Å². The third kappa shape index (κ3) is 1.52. The summed E-state index contributed by atoms with van der Waals surface area (Å²) in [6.07, 6.45) is 14.1. The lowest BCUT2D eigenvalue weighted by Crippen LogP contribution is -2.61. The molecule has 5 saturated carbocycles. The van der Waals surface area contributed by atoms with E-state index in [4.69, 9.17) is 0 Å². The second-order valence-corrected chi connectivity index (χ2v) is 9.50. The fourth-order valence-corrected chi connectivity index (χ4v) is 7.88. The molecule has 0 radical (unpaired) electrons. The standard InChI is InChI=1S/C20H25NO2/c22-18-16-14-1-2-15(4-3-14)17(16)19(23)21(18)20-8-11-5-12(9-20)7-13(6-11)10-20/h1-2,11-17H,3-10H2/t11?,12?,13?,14?,15?,16-,17+,20?. The maximum Gasteiger partial charge on any atom is 0.234 e. The smallest absolute Gasteiger partial charge is 0.234 e. The molecule has 122 valence electrons. The first-order valence-corrected chi connectivity index (χ1v) is 9.71. The molecule has 23 heavy (non-hydrogen) atoms. The number of hydrogen-bond donors (Lipinski definition) is 0. The second kappa shape index (κ2) is 4.10. The van der Waals surface area contributed by atoms with Crippen molar-refractivity contribution in [3.05, 3.63) is 12.2 Å². The van der Waals surface area contributed by atoms with Crippen LogP contribution < -0.4 is 0 Å². The zero-order valence-electron chi connectivity index (χ0n) is 13.6. The van der Waals surface area contributed by atoms with E-state index in [0.29, 0.717) is 11.8 Å². The summed E-state index contributed by atoms with van der Waals surface area (Å²) in [6, 6.07) is 0. The summed E-state index contributed by atoms with van der Waals surface area (Å²) >= 11 is 0. The van der Waals surface area contributed by atoms with Crippen LogP contribution in [0.1, 0.15) is 51.4 Å². The molecule has 1 heterocycles. The Labute approximate surface area is 137 Å². The van der Waals surface area contributed by atoms with Crippen molar-refractivity contribution in [2.75, 3.05) is 0 Å². The fourth-order valence-electron chi connectivity index (χ4n) is 7.88. The van der Waals surface area contributed by atoms with Gasteiger partial charge in [-0.2, -0.15) is 0 Å². The molecule has 4 atom stereocenters. The van der Waals surface area contributed by atoms with Crippen LogP contribution in [0.2, 0.25) is 0 Å². The monoisotopic (exact) mass is 311 g/mol. The van der Waals surface area contributed by atoms with Gasteiger partial charge in [-0.05, 0) is 81.0 Å². The van der Waals surface area contributed by atoms with E-state index in [1.807, 2.05) is 4.90 Å². The molecule has 1 saturated heterocycles. The van der Waals surface area contributed by atoms with Gasteiger partial charge in [0.05, 0.1) is 17.4 Å². The summed E-state index contributed by atoms with van der Waals surface area (Å²) in [7, 11) is 0. The molecule has 3 heteroatoms. The van der Waals surface area contributed by atoms with Crippen molar-refractivity contribution in [2.24, 2.45) is 41.4 Å². The molecule has 0 aromatic carbocycles. The third-order valence-electron chi connectivity index (χ3n) is 8.24. The molecule has 3 nitrogen and oxygen atoms in total. The van der Waals surface area contributed by atoms with Gasteiger partial charge in [-0.1, -0.05) is 12.2 Å². The van der Waals surface area contributed by atoms with E-state index in [9.17, 15) is 9.59 Å². The maximum absolute atomic E-state index is 13.3. The van der Waals surface area contributed by atoms with Gasteiger partial charge in [0.25, 0.3) is 0 Å². The first-order valence-electron chi connectivity index (χ1n) is 9.71. The predicted octanol–water partition coefficient (Wildman–Crippen LogP) is 3.15. The molecule has 0 spiro atoms. The maximum atomic E-state index is 13.3. The number of allylic oxidation sites excluding steroid dienone is 2. The van der Waals surface area contributed by atoms with Gasteiger partial charge in [0, 0.05) is 0 Å². The van der Waals surface area contributed by atoms with Crippen LogP contribution in [-0.2, 0) is 9.59 Å². The lowest BCUT2D eigenvalue weighted by atomic mass is 9.52. The highest BCUT2D eigenvalue weighted by atomic mass is 16.2. The van der Waals surface area contributed by atoms with Crippen LogP contribution in [0.3, 0.4) is 0 Å². The number of amides is 2. The van der Waals surface area contributed by atoms with Crippen LogP contribution in [0.15, 0.2) is 12.2 Å². The number of rotatable bonds is 1. The predicted molar refractivity (Wildman–Crippen MR) is 85.1 cm³/mol. The van der Waals surface area contributed by atoms with Gasteiger partial charge in [-0.3, -0.25) is 14.5 Å². The number of likely N-dealkylation sites (tertiary alicyclic amines) is 1. The Morgan fingerprint density at radius 3 is 1.61 bits per heavy atom. The highest BCUT2D eigenvalue weighted by Crippen LogP contribution is 2.60. The van der Waals surface area contributed by atoms with Crippen LogP contribution >= 0.6 is 0 Å². The number of carbonyl (C=O) groups is 2. The Kier molecular flexibility index (Phi) is 2.35. The van der Waals surface area contributed by atoms with E-state index in [-0.39, 0.29) is 29.2 Å². The summed E-state index contributed by atoms with van der Waals surface area (Å²) in [5.74, 6) is 3.39. The van der Waals surface area contributed by atoms with E-state index in [0.717, 1.165) is 49.9 Å². The quantitative estimate of drug-likeness (QED) is 0.551. The molecule has 6 fully saturated rings. The van der Waals surface area contributed by atoms with E-state index >= 15 is 0 Å². The van der Waals surface area contributed by atoms with Crippen LogP contribution in [0.25, 0.3) is 0 Å². The summed E-state index contributed by atoms with van der Waals surface area (Å²) < 4.78 is 0. The van der Waals surface area contributed by atoms with E-state index in [1.165, 1.54) is 19.3 Å². The van der Waals surface area contributed by atoms with Gasteiger partial charge in [-0.25, -0.2) is 0 Å². The lowest BCUT2D eigenvalue weighted by molar-refractivity contribution is -0.159. The van der Waals surface area contributed by atoms with Crippen LogP contribution in [-0.4, -0.2) is 22.3 Å². The molecule has 8 rings (SSSR count). The molecule has 0 aromatic rings. The van der Waals surface area contributed by atoms with Gasteiger partial charge < -0.3 is 0 Å². The zero-order valence-corrected chi connectivity index (χ0v) is 13.6. The topological polar surface area (TPSA) is 37.4 Å². The number of nitrogens with zero attached hydrogens (tertiary/aromatic N) is 1. The van der Waals surface area contributed by atoms with Crippen molar-refractivity contribution in [1.29, 1.82) is 0 Å². The first kappa shape index (κ1) is 13.2. The Bertz CT molecular complexity index is 568. The Morgan fingerprint density at radius 1 is 0.783 bits per heavy atom. The third-order valence-corrected chi connectivity index (χ3v) is 8.24. The van der Waals surface area contributed by atoms with Gasteiger partial charge in [-0.15, -0.1) is 0 Å². The van der Waals surface area contributed by atoms with Crippen molar-refractivity contribution < 1.29 is 9.59 Å². The van der Waals surface area contributed by atoms with Crippen LogP contribution in [0, 0.1) is 41.4 Å². The highest BCUT2D eigenvalue weighted by molar-refractivity contribution is 6.06.